The quantitative estimate of drug-likeness (QED) is 0.336. The Kier molecular flexibility index (Phi) is 8.75. The van der Waals surface area contributed by atoms with Crippen molar-refractivity contribution in [1.82, 2.24) is 24.9 Å². The van der Waals surface area contributed by atoms with Gasteiger partial charge in [0.25, 0.3) is 5.91 Å². The number of sulfonamides is 1. The molecule has 2 aliphatic carbocycles. The Morgan fingerprint density at radius 3 is 2.40 bits per heavy atom. The summed E-state index contributed by atoms with van der Waals surface area (Å²) in [4.78, 5) is 52.5. The van der Waals surface area contributed by atoms with Crippen LogP contribution < -0.4 is 20.5 Å². The van der Waals surface area contributed by atoms with Gasteiger partial charge in [0.15, 0.2) is 0 Å². The molecule has 12 nitrogen and oxygen atoms in total. The number of amides is 3. The highest BCUT2D eigenvalue weighted by molar-refractivity contribution is 8.08. The number of para-hydroxylation sites is 2. The lowest BCUT2D eigenvalue weighted by Crippen LogP contribution is -2.59. The van der Waals surface area contributed by atoms with E-state index in [2.05, 4.69) is 5.32 Å². The average Bonchev–Trinajstić information content (AvgIpc) is 3.89. The van der Waals surface area contributed by atoms with Crippen LogP contribution in [0.25, 0.3) is 15.9 Å². The Bertz CT molecular complexity index is 1750. The molecule has 5 atom stereocenters. The maximum Gasteiger partial charge on any atom is 0.259 e. The monoisotopic (exact) mass is 692 g/mol. The van der Waals surface area contributed by atoms with Gasteiger partial charge in [-0.15, -0.1) is 11.8 Å². The molecule has 1 aromatic heterocycles. The summed E-state index contributed by atoms with van der Waals surface area (Å²) < 4.78 is 61.1. The molecule has 254 valence electrons. The van der Waals surface area contributed by atoms with Gasteiger partial charge < -0.3 is 20.7 Å². The van der Waals surface area contributed by atoms with Crippen molar-refractivity contribution in [2.45, 2.75) is 88.3 Å². The van der Waals surface area contributed by atoms with Gasteiger partial charge in [-0.05, 0) is 43.2 Å². The zero-order valence-corrected chi connectivity index (χ0v) is 27.9. The fourth-order valence-electron chi connectivity index (χ4n) is 5.93. The normalized spacial score (nSPS) is 26.7. The van der Waals surface area contributed by atoms with E-state index in [-0.39, 0.29) is 18.8 Å². The highest BCUT2D eigenvalue weighted by Gasteiger charge is 2.66. The van der Waals surface area contributed by atoms with Crippen molar-refractivity contribution < 1.29 is 36.3 Å². The molecule has 16 heteroatoms. The molecular weight excluding hydrogens is 655 g/mol. The molecule has 2 aromatic rings. The van der Waals surface area contributed by atoms with Gasteiger partial charge in [-0.25, -0.2) is 27.2 Å². The lowest BCUT2D eigenvalue weighted by Gasteiger charge is -2.33. The number of likely N-dealkylation sites (tertiary alicyclic amines) is 1. The van der Waals surface area contributed by atoms with Crippen molar-refractivity contribution in [2.75, 3.05) is 12.3 Å². The summed E-state index contributed by atoms with van der Waals surface area (Å²) in [7, 11) is -4.07. The number of benzene rings is 1. The zero-order chi connectivity index (χ0) is 33.9. The first-order valence-electron chi connectivity index (χ1n) is 15.6. The number of nitrogens with one attached hydrogen (secondary N) is 2. The summed E-state index contributed by atoms with van der Waals surface area (Å²) >= 11 is 1.61. The van der Waals surface area contributed by atoms with E-state index >= 15 is 0 Å². The Hall–Kier alpha value is -3.37. The van der Waals surface area contributed by atoms with Crippen LogP contribution in [0.15, 0.2) is 30.3 Å². The number of thioether (sulfide) groups is 1. The zero-order valence-electron chi connectivity index (χ0n) is 26.2. The summed E-state index contributed by atoms with van der Waals surface area (Å²) in [6.45, 7) is 5.25. The summed E-state index contributed by atoms with van der Waals surface area (Å²) in [6.07, 6.45) is -0.676. The lowest BCUT2D eigenvalue weighted by atomic mass is 9.86. The third-order valence-electron chi connectivity index (χ3n) is 9.07. The number of nitrogens with two attached hydrogens (primary N) is 1. The number of carbonyl (C=O) groups is 3. The van der Waals surface area contributed by atoms with E-state index in [9.17, 15) is 31.6 Å². The molecule has 1 aromatic carbocycles. The van der Waals surface area contributed by atoms with Crippen molar-refractivity contribution in [3.8, 4) is 5.88 Å². The molecule has 6 rings (SSSR count). The van der Waals surface area contributed by atoms with Crippen LogP contribution in [-0.4, -0.2) is 88.7 Å². The fourth-order valence-corrected chi connectivity index (χ4v) is 8.25. The minimum Gasteiger partial charge on any atom is -0.471 e. The fraction of sp³-hybridized carbons (Fsp3) is 0.581. The number of fused-ring (bicyclic) bond motifs is 1. The molecule has 3 fully saturated rings. The molecule has 2 saturated carbocycles. The van der Waals surface area contributed by atoms with Gasteiger partial charge in [0.2, 0.25) is 34.1 Å². The third kappa shape index (κ3) is 6.68. The van der Waals surface area contributed by atoms with Crippen molar-refractivity contribution >= 4 is 55.4 Å². The molecule has 4 N–H and O–H groups in total. The van der Waals surface area contributed by atoms with Crippen LogP contribution in [0.5, 0.6) is 5.88 Å². The summed E-state index contributed by atoms with van der Waals surface area (Å²) in [5.41, 5.74) is 5.30. The molecule has 3 amide bonds. The van der Waals surface area contributed by atoms with E-state index < -0.39 is 80.9 Å². The topological polar surface area (TPSA) is 174 Å². The number of allylic oxidation sites excluding steroid dienone is 1. The number of hydrogen-bond donors (Lipinski definition) is 3. The van der Waals surface area contributed by atoms with Crippen molar-refractivity contribution in [2.24, 2.45) is 17.1 Å². The SMILES string of the molecule is CC(C)(C)[C@H](N)C(=O)N1C[C@H](Oc2nc3ccccc3nc2C2=CCCS2)C[C@H]1C(=O)N[C@]1(C(=O)NS(=O)(=O)C2CC2)C[C@H]1C(F)F. The largest absolute Gasteiger partial charge is 0.471 e. The van der Waals surface area contributed by atoms with Gasteiger partial charge in [-0.3, -0.25) is 19.1 Å². The van der Waals surface area contributed by atoms with Gasteiger partial charge in [0.1, 0.15) is 23.4 Å². The maximum absolute atomic E-state index is 13.9. The van der Waals surface area contributed by atoms with Crippen LogP contribution in [0.1, 0.15) is 58.6 Å². The number of nitrogens with zero attached hydrogens (tertiary/aromatic N) is 3. The highest BCUT2D eigenvalue weighted by Crippen LogP contribution is 2.48. The molecule has 1 saturated heterocycles. The number of aromatic nitrogens is 2. The Morgan fingerprint density at radius 1 is 1.15 bits per heavy atom. The van der Waals surface area contributed by atoms with Crippen LogP contribution in [0.4, 0.5) is 8.78 Å². The molecular formula is C31H38F2N6O6S2. The predicted molar refractivity (Wildman–Crippen MR) is 172 cm³/mol. The molecule has 3 heterocycles. The summed E-state index contributed by atoms with van der Waals surface area (Å²) in [6, 6.07) is 5.03. The molecule has 0 radical (unpaired) electrons. The molecule has 4 aliphatic rings. The van der Waals surface area contributed by atoms with Crippen molar-refractivity contribution in [1.29, 1.82) is 0 Å². The van der Waals surface area contributed by atoms with E-state index in [1.165, 1.54) is 4.90 Å². The first kappa shape index (κ1) is 33.5. The van der Waals surface area contributed by atoms with Gasteiger partial charge >= 0.3 is 0 Å². The minimum absolute atomic E-state index is 0.0635. The molecule has 47 heavy (non-hydrogen) atoms. The number of ether oxygens (including phenoxy) is 1. The van der Waals surface area contributed by atoms with Crippen LogP contribution in [0, 0.1) is 11.3 Å². The van der Waals surface area contributed by atoms with Gasteiger partial charge in [0.05, 0.1) is 34.8 Å². The van der Waals surface area contributed by atoms with Gasteiger partial charge in [-0.2, -0.15) is 0 Å². The predicted octanol–water partition coefficient (Wildman–Crippen LogP) is 2.58. The first-order chi connectivity index (χ1) is 22.1. The van der Waals surface area contributed by atoms with E-state index in [4.69, 9.17) is 20.4 Å². The van der Waals surface area contributed by atoms with E-state index in [0.717, 1.165) is 17.1 Å². The Labute approximate surface area is 275 Å². The number of hydrogen-bond acceptors (Lipinski definition) is 10. The summed E-state index contributed by atoms with van der Waals surface area (Å²) in [5, 5.41) is 1.65. The molecule has 0 bridgehead atoms. The molecule has 2 aliphatic heterocycles. The Morgan fingerprint density at radius 2 is 1.83 bits per heavy atom. The van der Waals surface area contributed by atoms with E-state index in [1.54, 1.807) is 38.6 Å². The molecule has 0 unspecified atom stereocenters. The maximum atomic E-state index is 13.9. The number of rotatable bonds is 10. The van der Waals surface area contributed by atoms with Gasteiger partial charge in [0, 0.05) is 17.1 Å². The van der Waals surface area contributed by atoms with Crippen LogP contribution in [-0.2, 0) is 24.4 Å². The third-order valence-corrected chi connectivity index (χ3v) is 12.0. The lowest BCUT2D eigenvalue weighted by molar-refractivity contribution is -0.142. The van der Waals surface area contributed by atoms with E-state index in [0.29, 0.717) is 29.6 Å². The van der Waals surface area contributed by atoms with Crippen LogP contribution in [0.3, 0.4) is 0 Å². The summed E-state index contributed by atoms with van der Waals surface area (Å²) in [5.74, 6) is -3.15. The average molecular weight is 693 g/mol. The second kappa shape index (κ2) is 12.3. The molecule has 0 spiro atoms. The second-order valence-corrected chi connectivity index (χ2v) is 16.8. The highest BCUT2D eigenvalue weighted by atomic mass is 32.2. The van der Waals surface area contributed by atoms with Crippen molar-refractivity contribution in [3.05, 3.63) is 36.0 Å². The minimum atomic E-state index is -4.07. The second-order valence-electron chi connectivity index (χ2n) is 13.7. The number of halogens is 2. The van der Waals surface area contributed by atoms with E-state index in [1.807, 2.05) is 29.0 Å². The van der Waals surface area contributed by atoms with Crippen LogP contribution in [0.2, 0.25) is 0 Å². The van der Waals surface area contributed by atoms with Crippen molar-refractivity contribution in [3.63, 3.8) is 0 Å². The number of carbonyl (C=O) groups excluding carboxylic acids is 3. The van der Waals surface area contributed by atoms with Crippen LogP contribution >= 0.6 is 11.8 Å². The van der Waals surface area contributed by atoms with Gasteiger partial charge in [-0.1, -0.05) is 39.0 Å². The smallest absolute Gasteiger partial charge is 0.259 e. The Balaban J connectivity index is 1.29. The standard InChI is InChI=1S/C31H38F2N6O6S2/c1-30(2,3)24(34)28(41)39-15-16(45-27-23(22-9-6-12-46-22)35-19-7-4-5-8-20(19)36-27)13-21(39)26(40)37-31(14-18(31)25(32)33)29(42)38-47(43,44)17-10-11-17/h4-5,7-9,16-18,21,24-25H,6,10-15,34H2,1-3H3,(H,37,40)(H,38,42)/t16-,18+,21+,24-,31-/m1/s1. The first-order valence-corrected chi connectivity index (χ1v) is 18.1. The number of alkyl halides is 2.